The molecule has 0 unspecified atom stereocenters. The van der Waals surface area contributed by atoms with E-state index in [9.17, 15) is 25.0 Å². The van der Waals surface area contributed by atoms with Crippen molar-refractivity contribution in [3.63, 3.8) is 0 Å². The first kappa shape index (κ1) is 26.3. The maximum atomic E-state index is 13.0. The standard InChI is InChI=1S/C27H18ClN3O6S/c1-2-36-27(33)24-22(16-3-7-19(28)8-4-16)15-38-26(24)30-25(32)18(14-29)13-21-11-12-23(37-21)17-5-9-20(10-6-17)31(34)35/h3-13,15H,2H2,1H3,(H,30,32)/b18-13+. The third kappa shape index (κ3) is 5.81. The number of nitro groups is 1. The van der Waals surface area contributed by atoms with E-state index in [0.717, 1.165) is 11.3 Å². The molecule has 0 aliphatic carbocycles. The van der Waals surface area contributed by atoms with E-state index in [1.54, 1.807) is 48.7 Å². The van der Waals surface area contributed by atoms with Crippen molar-refractivity contribution in [3.05, 3.63) is 98.1 Å². The maximum absolute atomic E-state index is 13.0. The lowest BCUT2D eigenvalue weighted by molar-refractivity contribution is -0.384. The average Bonchev–Trinajstić information content (AvgIpc) is 3.55. The highest BCUT2D eigenvalue weighted by atomic mass is 35.5. The summed E-state index contributed by atoms with van der Waals surface area (Å²) in [4.78, 5) is 36.1. The van der Waals surface area contributed by atoms with E-state index >= 15 is 0 Å². The molecular formula is C27H18ClN3O6S. The summed E-state index contributed by atoms with van der Waals surface area (Å²) >= 11 is 7.10. The van der Waals surface area contributed by atoms with Gasteiger partial charge in [0, 0.05) is 39.7 Å². The Morgan fingerprint density at radius 1 is 1.13 bits per heavy atom. The summed E-state index contributed by atoms with van der Waals surface area (Å²) in [7, 11) is 0. The summed E-state index contributed by atoms with van der Waals surface area (Å²) in [5.74, 6) is -0.728. The van der Waals surface area contributed by atoms with Crippen molar-refractivity contribution in [2.45, 2.75) is 6.92 Å². The second-order valence-corrected chi connectivity index (χ2v) is 9.03. The monoisotopic (exact) mass is 547 g/mol. The van der Waals surface area contributed by atoms with Gasteiger partial charge in [0.2, 0.25) is 0 Å². The Bertz CT molecular complexity index is 1580. The van der Waals surface area contributed by atoms with Crippen LogP contribution in [0.3, 0.4) is 0 Å². The molecule has 38 heavy (non-hydrogen) atoms. The Labute approximate surface area is 225 Å². The molecule has 190 valence electrons. The normalized spacial score (nSPS) is 11.0. The van der Waals surface area contributed by atoms with Crippen LogP contribution in [0, 0.1) is 21.4 Å². The molecule has 1 amide bonds. The second kappa shape index (κ2) is 11.6. The van der Waals surface area contributed by atoms with Crippen LogP contribution in [0.4, 0.5) is 10.7 Å². The lowest BCUT2D eigenvalue weighted by atomic mass is 10.0. The van der Waals surface area contributed by atoms with Gasteiger partial charge < -0.3 is 14.5 Å². The number of benzene rings is 2. The molecule has 0 fully saturated rings. The lowest BCUT2D eigenvalue weighted by Gasteiger charge is -2.08. The molecule has 0 spiro atoms. The van der Waals surface area contributed by atoms with E-state index in [-0.39, 0.29) is 34.2 Å². The second-order valence-electron chi connectivity index (χ2n) is 7.71. The Morgan fingerprint density at radius 2 is 1.82 bits per heavy atom. The number of anilines is 1. The van der Waals surface area contributed by atoms with Crippen LogP contribution in [0.5, 0.6) is 0 Å². The molecule has 11 heteroatoms. The minimum atomic E-state index is -0.740. The Kier molecular flexibility index (Phi) is 8.01. The number of nitrogens with one attached hydrogen (secondary N) is 1. The zero-order valence-electron chi connectivity index (χ0n) is 19.8. The van der Waals surface area contributed by atoms with Gasteiger partial charge in [-0.3, -0.25) is 14.9 Å². The zero-order chi connectivity index (χ0) is 27.2. The summed E-state index contributed by atoms with van der Waals surface area (Å²) in [6.07, 6.45) is 1.27. The number of nitriles is 1. The Morgan fingerprint density at radius 3 is 2.45 bits per heavy atom. The van der Waals surface area contributed by atoms with Gasteiger partial charge in [-0.15, -0.1) is 11.3 Å². The smallest absolute Gasteiger partial charge is 0.341 e. The minimum Gasteiger partial charge on any atom is -0.462 e. The quantitative estimate of drug-likeness (QED) is 0.0827. The molecule has 0 bridgehead atoms. The van der Waals surface area contributed by atoms with Gasteiger partial charge in [-0.05, 0) is 48.9 Å². The van der Waals surface area contributed by atoms with E-state index in [0.29, 0.717) is 27.5 Å². The first-order chi connectivity index (χ1) is 18.3. The number of non-ortho nitro benzene ring substituents is 1. The van der Waals surface area contributed by atoms with Crippen molar-refractivity contribution < 1.29 is 23.7 Å². The van der Waals surface area contributed by atoms with Gasteiger partial charge in [-0.25, -0.2) is 4.79 Å². The van der Waals surface area contributed by atoms with Crippen LogP contribution in [0.1, 0.15) is 23.0 Å². The number of hydrogen-bond acceptors (Lipinski definition) is 8. The van der Waals surface area contributed by atoms with Crippen LogP contribution in [0.2, 0.25) is 5.02 Å². The van der Waals surface area contributed by atoms with Crippen LogP contribution < -0.4 is 5.32 Å². The largest absolute Gasteiger partial charge is 0.462 e. The van der Waals surface area contributed by atoms with Crippen molar-refractivity contribution in [2.75, 3.05) is 11.9 Å². The van der Waals surface area contributed by atoms with E-state index in [1.807, 2.05) is 6.07 Å². The zero-order valence-corrected chi connectivity index (χ0v) is 21.3. The molecule has 2 aromatic heterocycles. The van der Waals surface area contributed by atoms with Crippen LogP contribution in [-0.4, -0.2) is 23.4 Å². The summed E-state index contributed by atoms with van der Waals surface area (Å²) in [6, 6.07) is 17.7. The highest BCUT2D eigenvalue weighted by Crippen LogP contribution is 2.37. The number of thiophene rings is 1. The van der Waals surface area contributed by atoms with E-state index < -0.39 is 16.8 Å². The molecule has 9 nitrogen and oxygen atoms in total. The molecule has 1 N–H and O–H groups in total. The molecule has 4 rings (SSSR count). The molecule has 2 aromatic carbocycles. The lowest BCUT2D eigenvalue weighted by Crippen LogP contribution is -2.16. The third-order valence-corrected chi connectivity index (χ3v) is 6.44. The highest BCUT2D eigenvalue weighted by Gasteiger charge is 2.24. The Balaban J connectivity index is 1.59. The Hall–Kier alpha value is -4.72. The number of hydrogen-bond donors (Lipinski definition) is 1. The van der Waals surface area contributed by atoms with Gasteiger partial charge in [-0.2, -0.15) is 5.26 Å². The fourth-order valence-electron chi connectivity index (χ4n) is 3.49. The number of furan rings is 1. The van der Waals surface area contributed by atoms with Gasteiger partial charge in [0.15, 0.2) is 0 Å². The van der Waals surface area contributed by atoms with Gasteiger partial charge in [-0.1, -0.05) is 23.7 Å². The topological polar surface area (TPSA) is 135 Å². The fraction of sp³-hybridized carbons (Fsp3) is 0.0741. The number of carbonyl (C=O) groups excluding carboxylic acids is 2. The number of halogens is 1. The van der Waals surface area contributed by atoms with Crippen molar-refractivity contribution in [1.82, 2.24) is 0 Å². The molecule has 0 aliphatic rings. The molecule has 0 radical (unpaired) electrons. The van der Waals surface area contributed by atoms with Crippen LogP contribution >= 0.6 is 22.9 Å². The first-order valence-corrected chi connectivity index (χ1v) is 12.4. The average molecular weight is 548 g/mol. The number of amides is 1. The van der Waals surface area contributed by atoms with Gasteiger partial charge in [0.1, 0.15) is 33.7 Å². The van der Waals surface area contributed by atoms with Gasteiger partial charge in [0.25, 0.3) is 11.6 Å². The summed E-state index contributed by atoms with van der Waals surface area (Å²) in [5, 5.41) is 25.6. The molecular weight excluding hydrogens is 530 g/mol. The SMILES string of the molecule is CCOC(=O)c1c(-c2ccc(Cl)cc2)csc1NC(=O)/C(C#N)=C/c1ccc(-c2ccc([N+](=O)[O-])cc2)o1. The number of carbonyl (C=O) groups is 2. The number of esters is 1. The first-order valence-electron chi connectivity index (χ1n) is 11.1. The summed E-state index contributed by atoms with van der Waals surface area (Å²) in [6.45, 7) is 1.82. The van der Waals surface area contributed by atoms with Gasteiger partial charge in [0.05, 0.1) is 11.5 Å². The molecule has 4 aromatic rings. The molecule has 0 aliphatic heterocycles. The molecule has 2 heterocycles. The number of nitrogens with zero attached hydrogens (tertiary/aromatic N) is 2. The van der Waals surface area contributed by atoms with Gasteiger partial charge >= 0.3 is 5.97 Å². The molecule has 0 saturated heterocycles. The highest BCUT2D eigenvalue weighted by molar-refractivity contribution is 7.15. The number of nitro benzene ring substituents is 1. The van der Waals surface area contributed by atoms with Crippen LogP contribution in [-0.2, 0) is 9.53 Å². The van der Waals surface area contributed by atoms with Crippen molar-refractivity contribution in [3.8, 4) is 28.5 Å². The maximum Gasteiger partial charge on any atom is 0.341 e. The fourth-order valence-corrected chi connectivity index (χ4v) is 4.57. The molecule has 0 saturated carbocycles. The predicted molar refractivity (Wildman–Crippen MR) is 144 cm³/mol. The minimum absolute atomic E-state index is 0.0566. The van der Waals surface area contributed by atoms with Crippen LogP contribution in [0.15, 0.2) is 76.0 Å². The van der Waals surface area contributed by atoms with Crippen molar-refractivity contribution in [2.24, 2.45) is 0 Å². The van der Waals surface area contributed by atoms with E-state index in [4.69, 9.17) is 20.8 Å². The summed E-state index contributed by atoms with van der Waals surface area (Å²) in [5.41, 5.74) is 1.71. The summed E-state index contributed by atoms with van der Waals surface area (Å²) < 4.78 is 10.9. The van der Waals surface area contributed by atoms with E-state index in [2.05, 4.69) is 5.32 Å². The molecule has 0 atom stereocenters. The number of ether oxygens (including phenoxy) is 1. The van der Waals surface area contributed by atoms with E-state index in [1.165, 1.54) is 30.3 Å². The van der Waals surface area contributed by atoms with Crippen molar-refractivity contribution >= 4 is 51.6 Å². The number of rotatable bonds is 8. The van der Waals surface area contributed by atoms with Crippen molar-refractivity contribution in [1.29, 1.82) is 5.26 Å². The predicted octanol–water partition coefficient (Wildman–Crippen LogP) is 6.96. The van der Waals surface area contributed by atoms with Crippen LogP contribution in [0.25, 0.3) is 28.5 Å². The third-order valence-electron chi connectivity index (χ3n) is 5.29.